The Bertz CT molecular complexity index is 812. The third-order valence-electron chi connectivity index (χ3n) is 6.47. The molecule has 3 N–H and O–H groups in total. The molecule has 3 heterocycles. The van der Waals surface area contributed by atoms with E-state index in [-0.39, 0.29) is 13.0 Å². The average molecular weight is 480 g/mol. The number of urea groups is 1. The molecule has 0 bridgehead atoms. The summed E-state index contributed by atoms with van der Waals surface area (Å²) in [6.45, 7) is 3.88. The summed E-state index contributed by atoms with van der Waals surface area (Å²) in [4.78, 5) is 32.3. The van der Waals surface area contributed by atoms with Crippen molar-refractivity contribution >= 4 is 17.8 Å². The Morgan fingerprint density at radius 3 is 2.94 bits per heavy atom. The van der Waals surface area contributed by atoms with Crippen LogP contribution in [-0.2, 0) is 22.4 Å². The number of rotatable bonds is 13. The number of likely N-dealkylation sites (tertiary alicyclic amines) is 1. The van der Waals surface area contributed by atoms with Gasteiger partial charge in [0.2, 0.25) is 0 Å². The lowest BCUT2D eigenvalue weighted by Crippen LogP contribution is -2.48. The number of ether oxygens (including phenoxy) is 1. The van der Waals surface area contributed by atoms with Gasteiger partial charge in [-0.15, -0.1) is 0 Å². The van der Waals surface area contributed by atoms with Gasteiger partial charge in [-0.25, -0.2) is 19.0 Å². The molecule has 0 spiro atoms. The summed E-state index contributed by atoms with van der Waals surface area (Å²) in [6, 6.07) is 2.76. The van der Waals surface area contributed by atoms with Crippen LogP contribution in [0.25, 0.3) is 0 Å². The molecule has 2 aliphatic heterocycles. The van der Waals surface area contributed by atoms with Crippen molar-refractivity contribution in [3.8, 4) is 0 Å². The minimum absolute atomic E-state index is 0.0211. The molecule has 0 aromatic carbocycles. The zero-order valence-electron chi connectivity index (χ0n) is 20.1. The number of amides is 2. The Hall–Kier alpha value is -2.46. The quantitative estimate of drug-likeness (QED) is 0.373. The van der Waals surface area contributed by atoms with E-state index in [4.69, 9.17) is 9.72 Å². The number of carbonyl (C=O) groups excluding carboxylic acids is 1. The smallest absolute Gasteiger partial charge is 0.326 e. The summed E-state index contributed by atoms with van der Waals surface area (Å²) in [5, 5.41) is 15.5. The lowest BCUT2D eigenvalue weighted by Gasteiger charge is -2.25. The van der Waals surface area contributed by atoms with Gasteiger partial charge in [-0.3, -0.25) is 0 Å². The third kappa shape index (κ3) is 8.09. The van der Waals surface area contributed by atoms with Gasteiger partial charge in [0.25, 0.3) is 0 Å². The minimum atomic E-state index is -1.08. The first-order valence-electron chi connectivity index (χ1n) is 12.3. The number of pyridine rings is 1. The van der Waals surface area contributed by atoms with Crippen molar-refractivity contribution in [2.45, 2.75) is 57.2 Å². The third-order valence-corrected chi connectivity index (χ3v) is 6.47. The van der Waals surface area contributed by atoms with Gasteiger partial charge in [-0.1, -0.05) is 6.07 Å². The number of aromatic nitrogens is 1. The maximum absolute atomic E-state index is 13.4. The Kier molecular flexibility index (Phi) is 10.3. The molecule has 2 amide bonds. The summed E-state index contributed by atoms with van der Waals surface area (Å²) in [6.07, 6.45) is 4.59. The van der Waals surface area contributed by atoms with E-state index in [0.717, 1.165) is 56.7 Å². The van der Waals surface area contributed by atoms with Crippen LogP contribution in [0.4, 0.5) is 15.0 Å². The Labute approximate surface area is 201 Å². The van der Waals surface area contributed by atoms with Crippen LogP contribution in [0, 0.1) is 0 Å². The van der Waals surface area contributed by atoms with Gasteiger partial charge in [-0.2, -0.15) is 0 Å². The van der Waals surface area contributed by atoms with Gasteiger partial charge < -0.3 is 30.3 Å². The van der Waals surface area contributed by atoms with Crippen LogP contribution in [-0.4, -0.2) is 97.1 Å². The molecular formula is C24H38FN5O4. The zero-order chi connectivity index (χ0) is 24.3. The Morgan fingerprint density at radius 1 is 1.35 bits per heavy atom. The van der Waals surface area contributed by atoms with Crippen LogP contribution in [0.3, 0.4) is 0 Å². The number of hydrogen-bond acceptors (Lipinski definition) is 6. The number of halogens is 1. The second-order valence-corrected chi connectivity index (χ2v) is 9.09. The monoisotopic (exact) mass is 479 g/mol. The molecule has 1 unspecified atom stereocenters. The van der Waals surface area contributed by atoms with Crippen molar-refractivity contribution in [2.24, 2.45) is 0 Å². The fourth-order valence-electron chi connectivity index (χ4n) is 4.42. The summed E-state index contributed by atoms with van der Waals surface area (Å²) in [7, 11) is 1.64. The Balaban J connectivity index is 1.43. The number of hydrogen-bond donors (Lipinski definition) is 3. The van der Waals surface area contributed by atoms with Gasteiger partial charge in [0.15, 0.2) is 0 Å². The average Bonchev–Trinajstić information content (AvgIpc) is 3.28. The van der Waals surface area contributed by atoms with Crippen LogP contribution in [0.15, 0.2) is 12.1 Å². The first kappa shape index (κ1) is 26.2. The molecule has 190 valence electrons. The molecule has 10 heteroatoms. The van der Waals surface area contributed by atoms with Crippen LogP contribution in [0.5, 0.6) is 0 Å². The highest BCUT2D eigenvalue weighted by atomic mass is 19.1. The molecule has 9 nitrogen and oxygen atoms in total. The van der Waals surface area contributed by atoms with Gasteiger partial charge in [-0.05, 0) is 63.1 Å². The molecule has 3 rings (SSSR count). The summed E-state index contributed by atoms with van der Waals surface area (Å²) >= 11 is 0. The topological polar surface area (TPSA) is 107 Å². The SMILES string of the molecule is COCCN(CCCCc1ccc2c(n1)NCCC2)CCC(NC(=O)N1CC[C@H](F)C1)C(=O)O. The molecule has 1 fully saturated rings. The Morgan fingerprint density at radius 2 is 2.21 bits per heavy atom. The number of nitrogens with one attached hydrogen (secondary N) is 2. The van der Waals surface area contributed by atoms with E-state index < -0.39 is 24.2 Å². The van der Waals surface area contributed by atoms with Crippen LogP contribution < -0.4 is 10.6 Å². The van der Waals surface area contributed by atoms with Crippen LogP contribution in [0.2, 0.25) is 0 Å². The second kappa shape index (κ2) is 13.4. The van der Waals surface area contributed by atoms with Gasteiger partial charge in [0.05, 0.1) is 13.2 Å². The molecule has 1 saturated heterocycles. The number of carboxylic acids is 1. The maximum Gasteiger partial charge on any atom is 0.326 e. The van der Waals surface area contributed by atoms with Gasteiger partial charge >= 0.3 is 12.0 Å². The first-order valence-corrected chi connectivity index (χ1v) is 12.3. The van der Waals surface area contributed by atoms with Gasteiger partial charge in [0, 0.05) is 39.0 Å². The highest BCUT2D eigenvalue weighted by molar-refractivity contribution is 5.82. The lowest BCUT2D eigenvalue weighted by molar-refractivity contribution is -0.139. The second-order valence-electron chi connectivity index (χ2n) is 9.09. The number of aryl methyl sites for hydroxylation is 2. The number of alkyl halides is 1. The predicted octanol–water partition coefficient (Wildman–Crippen LogP) is 2.31. The van der Waals surface area contributed by atoms with Crippen LogP contribution in [0.1, 0.15) is 43.4 Å². The van der Waals surface area contributed by atoms with E-state index in [1.54, 1.807) is 7.11 Å². The summed E-state index contributed by atoms with van der Waals surface area (Å²) < 4.78 is 18.6. The van der Waals surface area contributed by atoms with E-state index in [0.29, 0.717) is 32.7 Å². The van der Waals surface area contributed by atoms with E-state index in [1.165, 1.54) is 10.5 Å². The van der Waals surface area contributed by atoms with Crippen molar-refractivity contribution in [3.05, 3.63) is 23.4 Å². The number of aliphatic carboxylic acids is 1. The van der Waals surface area contributed by atoms with E-state index in [1.807, 2.05) is 0 Å². The molecule has 0 aliphatic carbocycles. The first-order chi connectivity index (χ1) is 16.5. The number of fused-ring (bicyclic) bond motifs is 1. The molecule has 0 radical (unpaired) electrons. The van der Waals surface area contributed by atoms with E-state index >= 15 is 0 Å². The van der Waals surface area contributed by atoms with Crippen molar-refractivity contribution < 1.29 is 23.8 Å². The minimum Gasteiger partial charge on any atom is -0.480 e. The standard InChI is InChI=1S/C24H38FN5O4/c1-34-16-15-29(12-3-2-6-20-8-7-18-5-4-11-26-22(18)27-20)13-10-21(23(31)32)28-24(33)30-14-9-19(25)17-30/h7-8,19,21H,2-6,9-17H2,1H3,(H,26,27)(H,28,33)(H,31,32)/t19-,21?/m0/s1. The lowest BCUT2D eigenvalue weighted by atomic mass is 10.1. The predicted molar refractivity (Wildman–Crippen MR) is 128 cm³/mol. The zero-order valence-corrected chi connectivity index (χ0v) is 20.1. The molecule has 34 heavy (non-hydrogen) atoms. The van der Waals surface area contributed by atoms with Crippen molar-refractivity contribution in [2.75, 3.05) is 58.3 Å². The molecule has 2 aliphatic rings. The maximum atomic E-state index is 13.4. The number of unbranched alkanes of at least 4 members (excludes halogenated alkanes) is 1. The van der Waals surface area contributed by atoms with E-state index in [2.05, 4.69) is 27.7 Å². The number of methoxy groups -OCH3 is 1. The molecular weight excluding hydrogens is 441 g/mol. The molecule has 1 aromatic heterocycles. The van der Waals surface area contributed by atoms with Crippen molar-refractivity contribution in [3.63, 3.8) is 0 Å². The number of carbonyl (C=O) groups is 2. The molecule has 1 aromatic rings. The molecule has 0 saturated carbocycles. The van der Waals surface area contributed by atoms with Crippen molar-refractivity contribution in [1.29, 1.82) is 0 Å². The van der Waals surface area contributed by atoms with Gasteiger partial charge in [0.1, 0.15) is 18.0 Å². The van der Waals surface area contributed by atoms with Crippen molar-refractivity contribution in [1.82, 2.24) is 20.1 Å². The summed E-state index contributed by atoms with van der Waals surface area (Å²) in [5.74, 6) is -0.0636. The fourth-order valence-corrected chi connectivity index (χ4v) is 4.42. The summed E-state index contributed by atoms with van der Waals surface area (Å²) in [5.41, 5.74) is 2.37. The highest BCUT2D eigenvalue weighted by Crippen LogP contribution is 2.20. The molecule has 2 atom stereocenters. The fraction of sp³-hybridized carbons (Fsp3) is 0.708. The van der Waals surface area contributed by atoms with Crippen LogP contribution >= 0.6 is 0 Å². The number of nitrogens with zero attached hydrogens (tertiary/aromatic N) is 3. The van der Waals surface area contributed by atoms with E-state index in [9.17, 15) is 19.1 Å². The highest BCUT2D eigenvalue weighted by Gasteiger charge is 2.29. The number of carboxylic acid groups (broad SMARTS) is 1. The number of anilines is 1. The normalized spacial score (nSPS) is 18.4. The largest absolute Gasteiger partial charge is 0.480 e.